The molecule has 1 aromatic heterocycles. The van der Waals surface area contributed by atoms with Gasteiger partial charge in [0.1, 0.15) is 11.5 Å². The minimum atomic E-state index is -4.58. The number of H-pyrrole nitrogens is 1. The number of alkyl halides is 3. The van der Waals surface area contributed by atoms with E-state index in [1.165, 1.54) is 24.7 Å². The van der Waals surface area contributed by atoms with Gasteiger partial charge in [-0.15, -0.1) is 0 Å². The first-order valence-corrected chi connectivity index (χ1v) is 11.1. The van der Waals surface area contributed by atoms with E-state index in [0.717, 1.165) is 17.7 Å². The van der Waals surface area contributed by atoms with E-state index in [9.17, 15) is 22.8 Å². The number of nitrogens with zero attached hydrogens (tertiary/aromatic N) is 3. The summed E-state index contributed by atoms with van der Waals surface area (Å²) in [7, 11) is 0. The fraction of sp³-hybridized carbons (Fsp3) is 0.160. The van der Waals surface area contributed by atoms with E-state index in [2.05, 4.69) is 32.0 Å². The molecule has 1 heterocycles. The van der Waals surface area contributed by atoms with Gasteiger partial charge in [0.05, 0.1) is 10.6 Å². The number of allylic oxidation sites excluding steroid dienone is 1. The molecular formula is C25H21ClF3N5O3. The van der Waals surface area contributed by atoms with Crippen molar-refractivity contribution in [3.8, 4) is 11.5 Å². The van der Waals surface area contributed by atoms with Gasteiger partial charge in [-0.25, -0.2) is 9.98 Å². The number of aromatic amines is 1. The van der Waals surface area contributed by atoms with Gasteiger partial charge in [0.2, 0.25) is 12.4 Å². The monoisotopic (exact) mass is 531 g/mol. The number of rotatable bonds is 11. The molecule has 0 unspecified atom stereocenters. The van der Waals surface area contributed by atoms with Crippen molar-refractivity contribution < 1.29 is 22.7 Å². The summed E-state index contributed by atoms with van der Waals surface area (Å²) in [5.41, 5.74) is 0.471. The third-order valence-electron chi connectivity index (χ3n) is 4.93. The molecule has 0 fully saturated rings. The van der Waals surface area contributed by atoms with Crippen molar-refractivity contribution >= 4 is 36.9 Å². The number of hydrogen-bond donors (Lipinski definition) is 2. The number of carbonyl (C=O) groups excluding carboxylic acids is 1. The smallest absolute Gasteiger partial charge is 0.417 e. The molecule has 0 spiro atoms. The molecule has 0 aliphatic rings. The highest BCUT2D eigenvalue weighted by atomic mass is 35.5. The molecule has 1 amide bonds. The van der Waals surface area contributed by atoms with Crippen LogP contribution in [0.1, 0.15) is 16.7 Å². The van der Waals surface area contributed by atoms with Crippen LogP contribution in [-0.4, -0.2) is 35.9 Å². The summed E-state index contributed by atoms with van der Waals surface area (Å²) < 4.78 is 44.6. The zero-order chi connectivity index (χ0) is 26.8. The summed E-state index contributed by atoms with van der Waals surface area (Å²) >= 11 is 5.63. The molecular weight excluding hydrogens is 511 g/mol. The Bertz CT molecular complexity index is 1370. The highest BCUT2D eigenvalue weighted by Crippen LogP contribution is 2.37. The van der Waals surface area contributed by atoms with Gasteiger partial charge in [0.15, 0.2) is 0 Å². The van der Waals surface area contributed by atoms with Crippen LogP contribution in [0, 0.1) is 0 Å². The number of benzene rings is 2. The van der Waals surface area contributed by atoms with E-state index < -0.39 is 16.8 Å². The summed E-state index contributed by atoms with van der Waals surface area (Å²) in [4.78, 5) is 36.7. The predicted molar refractivity (Wildman–Crippen MR) is 136 cm³/mol. The number of amides is 1. The molecule has 12 heteroatoms. The molecule has 0 bridgehead atoms. The van der Waals surface area contributed by atoms with Crippen molar-refractivity contribution in [3.63, 3.8) is 0 Å². The predicted octanol–water partition coefficient (Wildman–Crippen LogP) is 5.24. The maximum atomic E-state index is 13.0. The number of aromatic nitrogens is 2. The number of anilines is 1. The third-order valence-corrected chi connectivity index (χ3v) is 5.26. The van der Waals surface area contributed by atoms with Crippen LogP contribution in [0.3, 0.4) is 0 Å². The van der Waals surface area contributed by atoms with Crippen LogP contribution in [0.2, 0.25) is 5.02 Å². The van der Waals surface area contributed by atoms with E-state index in [1.807, 2.05) is 0 Å². The van der Waals surface area contributed by atoms with Crippen LogP contribution in [0.15, 0.2) is 75.2 Å². The molecule has 2 aromatic carbocycles. The van der Waals surface area contributed by atoms with Gasteiger partial charge >= 0.3 is 6.18 Å². The first kappa shape index (κ1) is 27.3. The summed E-state index contributed by atoms with van der Waals surface area (Å²) in [6.07, 6.45) is 0.635. The second kappa shape index (κ2) is 12.6. The van der Waals surface area contributed by atoms with Gasteiger partial charge in [-0.3, -0.25) is 19.6 Å². The Labute approximate surface area is 214 Å². The quantitative estimate of drug-likeness (QED) is 0.260. The lowest BCUT2D eigenvalue weighted by molar-refractivity contribution is -0.137. The molecule has 0 saturated heterocycles. The highest BCUT2D eigenvalue weighted by molar-refractivity contribution is 6.31. The Balaban J connectivity index is 1.55. The Morgan fingerprint density at radius 1 is 1.19 bits per heavy atom. The molecule has 3 rings (SSSR count). The Kier molecular flexibility index (Phi) is 9.33. The van der Waals surface area contributed by atoms with Crippen molar-refractivity contribution in [2.75, 3.05) is 11.9 Å². The molecule has 0 saturated carbocycles. The van der Waals surface area contributed by atoms with Crippen molar-refractivity contribution in [3.05, 3.63) is 92.5 Å². The van der Waals surface area contributed by atoms with Gasteiger partial charge in [-0.05, 0) is 54.6 Å². The number of aliphatic imine (C=N–C) groups is 2. The first-order valence-electron chi connectivity index (χ1n) is 10.8. The van der Waals surface area contributed by atoms with E-state index in [1.54, 1.807) is 24.3 Å². The summed E-state index contributed by atoms with van der Waals surface area (Å²) in [5.74, 6) is 0.668. The van der Waals surface area contributed by atoms with Gasteiger partial charge in [-0.1, -0.05) is 23.7 Å². The zero-order valence-corrected chi connectivity index (χ0v) is 20.0. The maximum absolute atomic E-state index is 13.0. The summed E-state index contributed by atoms with van der Waals surface area (Å²) in [6, 6.07) is 10.2. The SMILES string of the molecule is C=N/C=C(\C=NC=O)Cc1cnc(NCCc2ccc(Oc3ccc(Cl)c(C(F)(F)F)c3)cc2)[nH]c1=O. The molecule has 3 aromatic rings. The van der Waals surface area contributed by atoms with E-state index >= 15 is 0 Å². The molecule has 192 valence electrons. The van der Waals surface area contributed by atoms with Gasteiger partial charge in [0.25, 0.3) is 5.56 Å². The van der Waals surface area contributed by atoms with E-state index in [-0.39, 0.29) is 23.7 Å². The van der Waals surface area contributed by atoms with Crippen LogP contribution in [0.25, 0.3) is 0 Å². The lowest BCUT2D eigenvalue weighted by Gasteiger charge is -2.12. The molecule has 2 N–H and O–H groups in total. The normalized spacial score (nSPS) is 11.9. The number of ether oxygens (including phenoxy) is 1. The highest BCUT2D eigenvalue weighted by Gasteiger charge is 2.33. The Morgan fingerprint density at radius 2 is 1.92 bits per heavy atom. The number of halogens is 4. The third kappa shape index (κ3) is 8.14. The van der Waals surface area contributed by atoms with Crippen LogP contribution < -0.4 is 15.6 Å². The van der Waals surface area contributed by atoms with Crippen molar-refractivity contribution in [1.82, 2.24) is 9.97 Å². The fourth-order valence-electron chi connectivity index (χ4n) is 3.20. The molecule has 0 atom stereocenters. The zero-order valence-electron chi connectivity index (χ0n) is 19.3. The molecule has 0 radical (unpaired) electrons. The van der Waals surface area contributed by atoms with Crippen LogP contribution in [0.4, 0.5) is 19.1 Å². The topological polar surface area (TPSA) is 109 Å². The van der Waals surface area contributed by atoms with Crippen LogP contribution in [-0.2, 0) is 23.8 Å². The lowest BCUT2D eigenvalue weighted by atomic mass is 10.1. The molecule has 0 aliphatic carbocycles. The number of hydrogen-bond acceptors (Lipinski definition) is 6. The van der Waals surface area contributed by atoms with Crippen molar-refractivity contribution in [2.45, 2.75) is 19.0 Å². The standard InChI is InChI=1S/C25H21ClF3N5O3/c1-30-12-17(13-31-15-35)10-18-14-33-24(34-23(18)36)32-9-8-16-2-4-19(5-3-16)37-20-6-7-22(26)21(11-20)25(27,28)29/h2-7,11-15H,1,8-10H2,(H2,32,33,34,36)/b17-12-,31-13?. The van der Waals surface area contributed by atoms with Crippen molar-refractivity contribution in [2.24, 2.45) is 9.98 Å². The molecule has 37 heavy (non-hydrogen) atoms. The van der Waals surface area contributed by atoms with Crippen molar-refractivity contribution in [1.29, 1.82) is 0 Å². The van der Waals surface area contributed by atoms with Gasteiger partial charge in [0, 0.05) is 37.1 Å². The molecule has 0 aliphatic heterocycles. The summed E-state index contributed by atoms with van der Waals surface area (Å²) in [5, 5.41) is 2.62. The number of nitrogens with one attached hydrogen (secondary N) is 2. The minimum Gasteiger partial charge on any atom is -0.457 e. The van der Waals surface area contributed by atoms with Gasteiger partial charge in [-0.2, -0.15) is 13.2 Å². The Morgan fingerprint density at radius 3 is 2.57 bits per heavy atom. The first-order chi connectivity index (χ1) is 17.7. The largest absolute Gasteiger partial charge is 0.457 e. The van der Waals surface area contributed by atoms with Crippen LogP contribution in [0.5, 0.6) is 11.5 Å². The fourth-order valence-corrected chi connectivity index (χ4v) is 3.42. The van der Waals surface area contributed by atoms with E-state index in [4.69, 9.17) is 16.3 Å². The van der Waals surface area contributed by atoms with E-state index in [0.29, 0.717) is 36.3 Å². The Hall–Kier alpha value is -4.25. The number of carbonyl (C=O) groups is 1. The second-order valence-corrected chi connectivity index (χ2v) is 8.00. The molecule has 8 nitrogen and oxygen atoms in total. The minimum absolute atomic E-state index is 0.0176. The maximum Gasteiger partial charge on any atom is 0.417 e. The van der Waals surface area contributed by atoms with Crippen LogP contribution >= 0.6 is 11.6 Å². The second-order valence-electron chi connectivity index (χ2n) is 7.60. The average molecular weight is 532 g/mol. The lowest BCUT2D eigenvalue weighted by Crippen LogP contribution is -2.18. The summed E-state index contributed by atoms with van der Waals surface area (Å²) in [6.45, 7) is 3.80. The van der Waals surface area contributed by atoms with Gasteiger partial charge < -0.3 is 10.1 Å². The average Bonchev–Trinajstić information content (AvgIpc) is 2.85.